The molecule has 0 radical (unpaired) electrons. The maximum absolute atomic E-state index is 14.0. The molecule has 0 bridgehead atoms. The van der Waals surface area contributed by atoms with Gasteiger partial charge in [-0.05, 0) is 83.2 Å². The SMILES string of the molecule is Cc1cccc(C)c1NC(=O)C(c1ccc(O)cc1)N(C(=O)C(NC(=O)OC(C)(C)C)C(C)C)C(C)C. The van der Waals surface area contributed by atoms with Gasteiger partial charge in [-0.15, -0.1) is 0 Å². The summed E-state index contributed by atoms with van der Waals surface area (Å²) in [5.41, 5.74) is 2.27. The number of aromatic hydroxyl groups is 1. The quantitative estimate of drug-likeness (QED) is 0.435. The van der Waals surface area contributed by atoms with Crippen LogP contribution in [-0.4, -0.2) is 45.6 Å². The maximum atomic E-state index is 14.0. The van der Waals surface area contributed by atoms with Gasteiger partial charge in [0.1, 0.15) is 23.4 Å². The van der Waals surface area contributed by atoms with Gasteiger partial charge in [0.2, 0.25) is 5.91 Å². The van der Waals surface area contributed by atoms with Crippen LogP contribution in [0.3, 0.4) is 0 Å². The lowest BCUT2D eigenvalue weighted by Gasteiger charge is -2.38. The highest BCUT2D eigenvalue weighted by Crippen LogP contribution is 2.30. The molecule has 0 aliphatic rings. The summed E-state index contributed by atoms with van der Waals surface area (Å²) in [5.74, 6) is -1.04. The maximum Gasteiger partial charge on any atom is 0.408 e. The van der Waals surface area contributed by atoms with E-state index in [1.807, 2.05) is 59.7 Å². The minimum atomic E-state index is -1.02. The number of ether oxygens (including phenoxy) is 1. The lowest BCUT2D eigenvalue weighted by atomic mass is 9.97. The van der Waals surface area contributed by atoms with Crippen LogP contribution < -0.4 is 10.6 Å². The number of phenolic OH excluding ortho intramolecular Hbond substituents is 1. The van der Waals surface area contributed by atoms with Gasteiger partial charge in [-0.25, -0.2) is 4.79 Å². The highest BCUT2D eigenvalue weighted by atomic mass is 16.6. The molecule has 2 unspecified atom stereocenters. The molecule has 2 aromatic rings. The van der Waals surface area contributed by atoms with Gasteiger partial charge in [0.15, 0.2) is 0 Å². The fourth-order valence-corrected chi connectivity index (χ4v) is 4.09. The Morgan fingerprint density at radius 1 is 0.919 bits per heavy atom. The van der Waals surface area contributed by atoms with Gasteiger partial charge in [0.05, 0.1) is 0 Å². The number of aryl methyl sites for hydroxylation is 2. The number of para-hydroxylation sites is 1. The van der Waals surface area contributed by atoms with E-state index in [0.29, 0.717) is 11.3 Å². The average molecular weight is 512 g/mol. The fraction of sp³-hybridized carbons (Fsp3) is 0.483. The van der Waals surface area contributed by atoms with Crippen molar-refractivity contribution in [2.45, 2.75) is 86.0 Å². The van der Waals surface area contributed by atoms with Gasteiger partial charge in [0.25, 0.3) is 5.91 Å². The number of carbonyl (C=O) groups excluding carboxylic acids is 3. The van der Waals surface area contributed by atoms with Crippen molar-refractivity contribution in [1.82, 2.24) is 10.2 Å². The molecule has 0 fully saturated rings. The van der Waals surface area contributed by atoms with Crippen LogP contribution in [0.5, 0.6) is 5.75 Å². The molecule has 0 saturated heterocycles. The Balaban J connectivity index is 2.54. The van der Waals surface area contributed by atoms with Crippen LogP contribution in [0.2, 0.25) is 0 Å². The number of carbonyl (C=O) groups is 3. The Bertz CT molecular complexity index is 1080. The number of alkyl carbamates (subject to hydrolysis) is 1. The van der Waals surface area contributed by atoms with Crippen molar-refractivity contribution in [1.29, 1.82) is 0 Å². The Hall–Kier alpha value is -3.55. The number of hydrogen-bond donors (Lipinski definition) is 3. The first kappa shape index (κ1) is 29.7. The van der Waals surface area contributed by atoms with E-state index in [0.717, 1.165) is 11.1 Å². The van der Waals surface area contributed by atoms with E-state index in [1.54, 1.807) is 32.9 Å². The van der Waals surface area contributed by atoms with E-state index in [1.165, 1.54) is 17.0 Å². The summed E-state index contributed by atoms with van der Waals surface area (Å²) in [6, 6.07) is 9.60. The summed E-state index contributed by atoms with van der Waals surface area (Å²) >= 11 is 0. The molecule has 8 heteroatoms. The summed E-state index contributed by atoms with van der Waals surface area (Å²) < 4.78 is 5.39. The minimum absolute atomic E-state index is 0.0479. The van der Waals surface area contributed by atoms with Gasteiger partial charge in [-0.1, -0.05) is 44.2 Å². The molecule has 0 aromatic heterocycles. The molecule has 8 nitrogen and oxygen atoms in total. The minimum Gasteiger partial charge on any atom is -0.508 e. The van der Waals surface area contributed by atoms with Crippen LogP contribution in [-0.2, 0) is 14.3 Å². The summed E-state index contributed by atoms with van der Waals surface area (Å²) in [7, 11) is 0. The molecule has 3 N–H and O–H groups in total. The molecule has 2 aromatic carbocycles. The molecule has 0 aliphatic carbocycles. The topological polar surface area (TPSA) is 108 Å². The Kier molecular flexibility index (Phi) is 9.73. The van der Waals surface area contributed by atoms with Crippen molar-refractivity contribution in [3.63, 3.8) is 0 Å². The number of nitrogens with zero attached hydrogens (tertiary/aromatic N) is 1. The number of hydrogen-bond acceptors (Lipinski definition) is 5. The van der Waals surface area contributed by atoms with Crippen LogP contribution in [0.1, 0.15) is 71.2 Å². The van der Waals surface area contributed by atoms with Crippen LogP contribution in [0.4, 0.5) is 10.5 Å². The van der Waals surface area contributed by atoms with E-state index in [4.69, 9.17) is 4.74 Å². The zero-order valence-electron chi connectivity index (χ0n) is 23.4. The summed E-state index contributed by atoms with van der Waals surface area (Å²) in [4.78, 5) is 42.0. The van der Waals surface area contributed by atoms with Crippen molar-refractivity contribution in [3.8, 4) is 5.75 Å². The largest absolute Gasteiger partial charge is 0.508 e. The normalized spacial score (nSPS) is 13.2. The Morgan fingerprint density at radius 2 is 1.46 bits per heavy atom. The van der Waals surface area contributed by atoms with Crippen LogP contribution in [0.25, 0.3) is 0 Å². The number of rotatable bonds is 8. The Morgan fingerprint density at radius 3 is 1.92 bits per heavy atom. The summed E-state index contributed by atoms with van der Waals surface area (Å²) in [5, 5.41) is 15.6. The van der Waals surface area contributed by atoms with Crippen LogP contribution in [0.15, 0.2) is 42.5 Å². The first-order chi connectivity index (χ1) is 17.1. The van der Waals surface area contributed by atoms with Gasteiger partial charge >= 0.3 is 6.09 Å². The van der Waals surface area contributed by atoms with E-state index in [2.05, 4.69) is 10.6 Å². The molecule has 0 saturated carbocycles. The second-order valence-electron chi connectivity index (χ2n) is 11.0. The number of amides is 3. The molecule has 37 heavy (non-hydrogen) atoms. The molecule has 202 valence electrons. The van der Waals surface area contributed by atoms with Crippen molar-refractivity contribution in [2.75, 3.05) is 5.32 Å². The number of benzene rings is 2. The average Bonchev–Trinajstić information content (AvgIpc) is 2.77. The number of phenols is 1. The van der Waals surface area contributed by atoms with Crippen LogP contribution >= 0.6 is 0 Å². The van der Waals surface area contributed by atoms with Crippen molar-refractivity contribution in [2.24, 2.45) is 5.92 Å². The van der Waals surface area contributed by atoms with Gasteiger partial charge < -0.3 is 25.4 Å². The lowest BCUT2D eigenvalue weighted by Crippen LogP contribution is -2.56. The predicted octanol–water partition coefficient (Wildman–Crippen LogP) is 5.48. The lowest BCUT2D eigenvalue weighted by molar-refractivity contribution is -0.143. The molecule has 0 spiro atoms. The van der Waals surface area contributed by atoms with E-state index < -0.39 is 41.6 Å². The second-order valence-corrected chi connectivity index (χ2v) is 11.0. The zero-order chi connectivity index (χ0) is 28.1. The summed E-state index contributed by atoms with van der Waals surface area (Å²) in [6.45, 7) is 16.3. The monoisotopic (exact) mass is 511 g/mol. The fourth-order valence-electron chi connectivity index (χ4n) is 4.09. The summed E-state index contributed by atoms with van der Waals surface area (Å²) in [6.07, 6.45) is -0.704. The van der Waals surface area contributed by atoms with E-state index >= 15 is 0 Å². The third-order valence-corrected chi connectivity index (χ3v) is 5.88. The van der Waals surface area contributed by atoms with E-state index in [9.17, 15) is 19.5 Å². The number of nitrogens with one attached hydrogen (secondary N) is 2. The molecular weight excluding hydrogens is 470 g/mol. The number of anilines is 1. The van der Waals surface area contributed by atoms with Crippen molar-refractivity contribution >= 4 is 23.6 Å². The zero-order valence-corrected chi connectivity index (χ0v) is 23.4. The first-order valence-electron chi connectivity index (χ1n) is 12.6. The van der Waals surface area contributed by atoms with Crippen molar-refractivity contribution in [3.05, 3.63) is 59.2 Å². The molecule has 0 heterocycles. The predicted molar refractivity (Wildman–Crippen MR) is 145 cm³/mol. The molecule has 2 atom stereocenters. The Labute approximate surface area is 220 Å². The van der Waals surface area contributed by atoms with Crippen molar-refractivity contribution < 1.29 is 24.2 Å². The molecule has 0 aliphatic heterocycles. The van der Waals surface area contributed by atoms with Gasteiger partial charge in [-0.2, -0.15) is 0 Å². The molecular formula is C29H41N3O5. The highest BCUT2D eigenvalue weighted by molar-refractivity contribution is 6.00. The van der Waals surface area contributed by atoms with Gasteiger partial charge in [-0.3, -0.25) is 9.59 Å². The first-order valence-corrected chi connectivity index (χ1v) is 12.6. The third-order valence-electron chi connectivity index (χ3n) is 5.88. The standard InChI is InChI=1S/C29H41N3O5/c1-17(2)23(31-28(36)37-29(7,8)9)27(35)32(18(3)4)25(21-13-15-22(33)16-14-21)26(34)30-24-19(5)11-10-12-20(24)6/h10-18,23,25,33H,1-9H3,(H,30,34)(H,31,36). The second kappa shape index (κ2) is 12.1. The van der Waals surface area contributed by atoms with E-state index in [-0.39, 0.29) is 11.7 Å². The van der Waals surface area contributed by atoms with Gasteiger partial charge in [0, 0.05) is 11.7 Å². The third kappa shape index (κ3) is 7.97. The molecule has 3 amide bonds. The smallest absolute Gasteiger partial charge is 0.408 e. The molecule has 2 rings (SSSR count). The van der Waals surface area contributed by atoms with Crippen LogP contribution in [0, 0.1) is 19.8 Å². The highest BCUT2D eigenvalue weighted by Gasteiger charge is 2.39.